The van der Waals surface area contributed by atoms with Crippen molar-refractivity contribution in [2.45, 2.75) is 0 Å². The zero-order valence-corrected chi connectivity index (χ0v) is 11.8. The quantitative estimate of drug-likeness (QED) is 0.503. The van der Waals surface area contributed by atoms with Gasteiger partial charge in [-0.2, -0.15) is 0 Å². The number of carbonyl (C=O) groups is 1. The van der Waals surface area contributed by atoms with Gasteiger partial charge in [0.2, 0.25) is 0 Å². The smallest absolute Gasteiger partial charge is 0.338 e. The fraction of sp³-hybridized carbons (Fsp3) is 0.143. The first-order valence-electron chi connectivity index (χ1n) is 6.14. The van der Waals surface area contributed by atoms with E-state index in [1.54, 1.807) is 31.6 Å². The zero-order chi connectivity index (χ0) is 15.2. The highest BCUT2D eigenvalue weighted by Gasteiger charge is 2.15. The van der Waals surface area contributed by atoms with Crippen molar-refractivity contribution in [1.29, 1.82) is 0 Å². The molecule has 2 aromatic rings. The summed E-state index contributed by atoms with van der Waals surface area (Å²) < 4.78 is 4.76. The maximum absolute atomic E-state index is 11.8. The van der Waals surface area contributed by atoms with Crippen LogP contribution in [0.5, 0.6) is 0 Å². The highest BCUT2D eigenvalue weighted by Crippen LogP contribution is 2.16. The number of nitrogens with zero attached hydrogens (tertiary/aromatic N) is 3. The molecule has 2 rings (SSSR count). The third-order valence-electron chi connectivity index (χ3n) is 2.69. The van der Waals surface area contributed by atoms with E-state index in [9.17, 15) is 4.79 Å². The van der Waals surface area contributed by atoms with Crippen LogP contribution in [0.4, 0.5) is 0 Å². The van der Waals surface area contributed by atoms with Gasteiger partial charge in [-0.1, -0.05) is 6.58 Å². The molecule has 21 heavy (non-hydrogen) atoms. The van der Waals surface area contributed by atoms with Crippen LogP contribution >= 0.6 is 0 Å². The van der Waals surface area contributed by atoms with Crippen LogP contribution in [-0.2, 0) is 4.74 Å². The summed E-state index contributed by atoms with van der Waals surface area (Å²) in [6, 6.07) is 3.20. The number of amidine groups is 1. The van der Waals surface area contributed by atoms with Crippen LogP contribution in [0.25, 0.3) is 11.5 Å². The molecule has 0 spiro atoms. The predicted octanol–water partition coefficient (Wildman–Crippen LogP) is 1.37. The number of aromatic amines is 1. The third-order valence-corrected chi connectivity index (χ3v) is 2.69. The van der Waals surface area contributed by atoms with Crippen LogP contribution in [0.1, 0.15) is 16.1 Å². The Morgan fingerprint density at radius 1 is 1.52 bits per heavy atom. The summed E-state index contributed by atoms with van der Waals surface area (Å²) in [5, 5.41) is 2.87. The number of pyridine rings is 1. The summed E-state index contributed by atoms with van der Waals surface area (Å²) in [5.41, 5.74) is 1.37. The van der Waals surface area contributed by atoms with Crippen LogP contribution in [0.3, 0.4) is 0 Å². The van der Waals surface area contributed by atoms with Gasteiger partial charge in [-0.25, -0.2) is 14.8 Å². The molecule has 0 aliphatic carbocycles. The number of hydrogen-bond donors (Lipinski definition) is 2. The second-order valence-electron chi connectivity index (χ2n) is 3.98. The van der Waals surface area contributed by atoms with Gasteiger partial charge in [0.05, 0.1) is 12.7 Å². The van der Waals surface area contributed by atoms with E-state index < -0.39 is 5.97 Å². The van der Waals surface area contributed by atoms with Crippen LogP contribution in [-0.4, -0.2) is 40.9 Å². The summed E-state index contributed by atoms with van der Waals surface area (Å²) in [6.45, 7) is 3.59. The van der Waals surface area contributed by atoms with Gasteiger partial charge in [-0.05, 0) is 18.3 Å². The lowest BCUT2D eigenvalue weighted by Gasteiger charge is -2.08. The number of imidazole rings is 1. The number of methoxy groups -OCH3 is 1. The second kappa shape index (κ2) is 6.47. The molecule has 0 saturated carbocycles. The molecule has 0 unspecified atom stereocenters. The number of rotatable bonds is 4. The van der Waals surface area contributed by atoms with E-state index >= 15 is 0 Å². The molecule has 2 N–H and O–H groups in total. The summed E-state index contributed by atoms with van der Waals surface area (Å²) in [7, 11) is 2.94. The predicted molar refractivity (Wildman–Crippen MR) is 79.0 cm³/mol. The van der Waals surface area contributed by atoms with Crippen molar-refractivity contribution in [3.8, 4) is 11.5 Å². The van der Waals surface area contributed by atoms with Crippen molar-refractivity contribution in [2.75, 3.05) is 14.2 Å². The molecule has 0 radical (unpaired) electrons. The molecule has 2 aromatic heterocycles. The lowest BCUT2D eigenvalue weighted by Crippen LogP contribution is -2.20. The number of carbonyl (C=O) groups excluding carboxylic acids is 1. The van der Waals surface area contributed by atoms with Gasteiger partial charge < -0.3 is 15.0 Å². The molecule has 0 aromatic carbocycles. The van der Waals surface area contributed by atoms with Gasteiger partial charge in [-0.15, -0.1) is 0 Å². The van der Waals surface area contributed by atoms with Crippen LogP contribution < -0.4 is 5.32 Å². The highest BCUT2D eigenvalue weighted by molar-refractivity contribution is 6.00. The molecule has 7 nitrogen and oxygen atoms in total. The molecule has 0 aliphatic rings. The number of H-pyrrole nitrogens is 1. The molecule has 0 fully saturated rings. The first kappa shape index (κ1) is 14.4. The molecule has 0 aliphatic heterocycles. The Morgan fingerprint density at radius 3 is 2.90 bits per heavy atom. The molecule has 108 valence electrons. The van der Waals surface area contributed by atoms with Crippen LogP contribution in [0, 0.1) is 0 Å². The number of esters is 1. The summed E-state index contributed by atoms with van der Waals surface area (Å²) in [6.07, 6.45) is 4.78. The Bertz CT molecular complexity index is 677. The standard InChI is InChI=1S/C14H15N5O2/c1-4-16-12(15-2)10-7-9(14(20)21-3)8-11(19-10)13-17-5-6-18-13/h4-8H,1H2,2-3H3,(H,15,16)(H,17,18). The first-order chi connectivity index (χ1) is 10.2. The van der Waals surface area contributed by atoms with E-state index in [2.05, 4.69) is 31.8 Å². The normalized spacial score (nSPS) is 11.0. The fourth-order valence-electron chi connectivity index (χ4n) is 1.76. The second-order valence-corrected chi connectivity index (χ2v) is 3.98. The molecule has 0 amide bonds. The summed E-state index contributed by atoms with van der Waals surface area (Å²) in [4.78, 5) is 27.4. The van der Waals surface area contributed by atoms with E-state index in [-0.39, 0.29) is 0 Å². The Morgan fingerprint density at radius 2 is 2.33 bits per heavy atom. The Labute approximate surface area is 121 Å². The van der Waals surface area contributed by atoms with Gasteiger partial charge in [-0.3, -0.25) is 4.99 Å². The molecule has 2 heterocycles. The SMILES string of the molecule is C=CNC(=NC)c1cc(C(=O)OC)cc(-c2ncc[nH]2)n1. The highest BCUT2D eigenvalue weighted by atomic mass is 16.5. The molecular weight excluding hydrogens is 270 g/mol. The van der Waals surface area contributed by atoms with E-state index in [1.165, 1.54) is 13.3 Å². The van der Waals surface area contributed by atoms with Gasteiger partial charge in [0, 0.05) is 19.4 Å². The zero-order valence-electron chi connectivity index (χ0n) is 11.8. The van der Waals surface area contributed by atoms with Crippen molar-refractivity contribution in [1.82, 2.24) is 20.3 Å². The van der Waals surface area contributed by atoms with Gasteiger partial charge in [0.1, 0.15) is 11.4 Å². The molecule has 7 heteroatoms. The third kappa shape index (κ3) is 3.14. The van der Waals surface area contributed by atoms with Crippen molar-refractivity contribution in [3.63, 3.8) is 0 Å². The van der Waals surface area contributed by atoms with Crippen molar-refractivity contribution in [2.24, 2.45) is 4.99 Å². The first-order valence-corrected chi connectivity index (χ1v) is 6.14. The molecular formula is C14H15N5O2. The van der Waals surface area contributed by atoms with E-state index in [0.717, 1.165) is 0 Å². The summed E-state index contributed by atoms with van der Waals surface area (Å²) in [5.74, 6) is 0.583. The van der Waals surface area contributed by atoms with Crippen molar-refractivity contribution >= 4 is 11.8 Å². The topological polar surface area (TPSA) is 92.3 Å². The Balaban J connectivity index is 2.57. The molecule has 0 bridgehead atoms. The number of ether oxygens (including phenoxy) is 1. The van der Waals surface area contributed by atoms with E-state index in [4.69, 9.17) is 4.74 Å². The van der Waals surface area contributed by atoms with Gasteiger partial charge >= 0.3 is 5.97 Å². The van der Waals surface area contributed by atoms with Crippen LogP contribution in [0.2, 0.25) is 0 Å². The van der Waals surface area contributed by atoms with Gasteiger partial charge in [0.15, 0.2) is 11.7 Å². The average molecular weight is 285 g/mol. The number of aromatic nitrogens is 3. The fourth-order valence-corrected chi connectivity index (χ4v) is 1.76. The lowest BCUT2D eigenvalue weighted by atomic mass is 10.1. The number of hydrogen-bond acceptors (Lipinski definition) is 5. The van der Waals surface area contributed by atoms with E-state index in [1.807, 2.05) is 0 Å². The van der Waals surface area contributed by atoms with Crippen molar-refractivity contribution < 1.29 is 9.53 Å². The number of nitrogens with one attached hydrogen (secondary N) is 2. The maximum Gasteiger partial charge on any atom is 0.338 e. The van der Waals surface area contributed by atoms with E-state index in [0.29, 0.717) is 28.6 Å². The van der Waals surface area contributed by atoms with Crippen molar-refractivity contribution in [3.05, 3.63) is 48.6 Å². The van der Waals surface area contributed by atoms with Gasteiger partial charge in [0.25, 0.3) is 0 Å². The minimum Gasteiger partial charge on any atom is -0.465 e. The number of aliphatic imine (C=N–C) groups is 1. The maximum atomic E-state index is 11.8. The minimum atomic E-state index is -0.458. The monoisotopic (exact) mass is 285 g/mol. The summed E-state index contributed by atoms with van der Waals surface area (Å²) >= 11 is 0. The largest absolute Gasteiger partial charge is 0.465 e. The van der Waals surface area contributed by atoms with Crippen LogP contribution in [0.15, 0.2) is 42.3 Å². The minimum absolute atomic E-state index is 0.362. The Hall–Kier alpha value is -2.96. The molecule has 0 atom stereocenters. The average Bonchev–Trinajstić information content (AvgIpc) is 3.05. The Kier molecular flexibility index (Phi) is 4.45. The lowest BCUT2D eigenvalue weighted by molar-refractivity contribution is 0.0600. The molecule has 0 saturated heterocycles.